The summed E-state index contributed by atoms with van der Waals surface area (Å²) in [4.78, 5) is 0. The highest BCUT2D eigenvalue weighted by atomic mass is 16.5. The van der Waals surface area contributed by atoms with E-state index in [9.17, 15) is 10.2 Å². The van der Waals surface area contributed by atoms with Gasteiger partial charge in [-0.25, -0.2) is 0 Å². The Balaban J connectivity index is 1.75. The molecule has 1 aromatic rings. The molecule has 1 aromatic carbocycles. The van der Waals surface area contributed by atoms with Crippen LogP contribution in [-0.2, 0) is 4.74 Å². The predicted molar refractivity (Wildman–Crippen MR) is 133 cm³/mol. The number of benzene rings is 1. The largest absolute Gasteiger partial charge is 0.508 e. The smallest absolute Gasteiger partial charge is 0.115 e. The zero-order valence-electron chi connectivity index (χ0n) is 20.1. The van der Waals surface area contributed by atoms with Gasteiger partial charge in [-0.15, -0.1) is 0 Å². The molecule has 0 amide bonds. The van der Waals surface area contributed by atoms with E-state index >= 15 is 0 Å². The Bertz CT molecular complexity index is 492. The normalized spacial score (nSPS) is 12.2. The average Bonchev–Trinajstić information content (AvgIpc) is 2.78. The Morgan fingerprint density at radius 1 is 0.710 bits per heavy atom. The summed E-state index contributed by atoms with van der Waals surface area (Å²) in [6.45, 7) is 3.83. The van der Waals surface area contributed by atoms with E-state index in [1.807, 2.05) is 0 Å². The Kier molecular flexibility index (Phi) is 18.5. The summed E-state index contributed by atoms with van der Waals surface area (Å²) >= 11 is 0. The van der Waals surface area contributed by atoms with E-state index in [4.69, 9.17) is 4.74 Å². The van der Waals surface area contributed by atoms with Gasteiger partial charge in [0.05, 0.1) is 12.7 Å². The number of nitrogens with one attached hydrogen (secondary N) is 1. The summed E-state index contributed by atoms with van der Waals surface area (Å²) in [6, 6.07) is 6.84. The molecule has 180 valence electrons. The fourth-order valence-electron chi connectivity index (χ4n) is 3.85. The van der Waals surface area contributed by atoms with Gasteiger partial charge >= 0.3 is 0 Å². The first-order valence-corrected chi connectivity index (χ1v) is 13.0. The van der Waals surface area contributed by atoms with Gasteiger partial charge in [0.2, 0.25) is 0 Å². The lowest BCUT2D eigenvalue weighted by molar-refractivity contribution is 0.0416. The van der Waals surface area contributed by atoms with Gasteiger partial charge in [-0.1, -0.05) is 103 Å². The van der Waals surface area contributed by atoms with Crippen LogP contribution < -0.4 is 5.32 Å². The number of anilines is 1. The molecule has 0 bridgehead atoms. The van der Waals surface area contributed by atoms with Crippen LogP contribution in [0.2, 0.25) is 0 Å². The minimum Gasteiger partial charge on any atom is -0.508 e. The molecular weight excluding hydrogens is 386 g/mol. The second-order valence-electron chi connectivity index (χ2n) is 8.96. The molecule has 31 heavy (non-hydrogen) atoms. The van der Waals surface area contributed by atoms with Gasteiger partial charge in [0, 0.05) is 18.8 Å². The highest BCUT2D eigenvalue weighted by Gasteiger charge is 2.04. The summed E-state index contributed by atoms with van der Waals surface area (Å²) in [5, 5.41) is 22.4. The van der Waals surface area contributed by atoms with Crippen molar-refractivity contribution in [3.05, 3.63) is 24.3 Å². The maximum Gasteiger partial charge on any atom is 0.115 e. The summed E-state index contributed by atoms with van der Waals surface area (Å²) in [6.07, 6.45) is 21.4. The van der Waals surface area contributed by atoms with E-state index < -0.39 is 6.10 Å². The van der Waals surface area contributed by atoms with Crippen molar-refractivity contribution in [2.45, 2.75) is 116 Å². The number of hydrogen-bond acceptors (Lipinski definition) is 4. The highest BCUT2D eigenvalue weighted by molar-refractivity contribution is 5.45. The van der Waals surface area contributed by atoms with Gasteiger partial charge in [0.15, 0.2) is 0 Å². The van der Waals surface area contributed by atoms with Crippen LogP contribution in [0.15, 0.2) is 24.3 Å². The predicted octanol–water partition coefficient (Wildman–Crippen LogP) is 7.44. The molecule has 0 saturated carbocycles. The quantitative estimate of drug-likeness (QED) is 0.131. The van der Waals surface area contributed by atoms with Crippen molar-refractivity contribution in [3.8, 4) is 5.75 Å². The summed E-state index contributed by atoms with van der Waals surface area (Å²) in [7, 11) is 0. The van der Waals surface area contributed by atoms with Crippen LogP contribution >= 0.6 is 0 Å². The summed E-state index contributed by atoms with van der Waals surface area (Å²) in [5.74, 6) is 0.244. The second kappa shape index (κ2) is 20.6. The number of phenolic OH excluding ortho intramolecular Hbond substituents is 1. The standard InChI is InChI=1S/C27H49NO3/c1-2-3-4-5-6-7-8-9-10-11-12-13-14-15-16-17-22-31-24-27(30)23-28-25-18-20-26(29)21-19-25/h18-21,27-30H,2-17,22-24H2,1H3. The fourth-order valence-corrected chi connectivity index (χ4v) is 3.85. The molecule has 1 rings (SSSR count). The zero-order valence-corrected chi connectivity index (χ0v) is 20.1. The van der Waals surface area contributed by atoms with Gasteiger partial charge in [-0.05, 0) is 30.7 Å². The van der Waals surface area contributed by atoms with Gasteiger partial charge in [0.25, 0.3) is 0 Å². The molecular formula is C27H49NO3. The number of unbranched alkanes of at least 4 members (excludes halogenated alkanes) is 15. The molecule has 1 unspecified atom stereocenters. The number of ether oxygens (including phenoxy) is 1. The lowest BCUT2D eigenvalue weighted by Crippen LogP contribution is -2.25. The van der Waals surface area contributed by atoms with Crippen LogP contribution in [-0.4, -0.2) is 36.1 Å². The van der Waals surface area contributed by atoms with E-state index in [-0.39, 0.29) is 5.75 Å². The number of aliphatic hydroxyl groups excluding tert-OH is 1. The van der Waals surface area contributed by atoms with Crippen molar-refractivity contribution in [1.29, 1.82) is 0 Å². The van der Waals surface area contributed by atoms with Crippen LogP contribution in [0.1, 0.15) is 110 Å². The average molecular weight is 436 g/mol. The van der Waals surface area contributed by atoms with Crippen molar-refractivity contribution in [2.24, 2.45) is 0 Å². The van der Waals surface area contributed by atoms with Crippen molar-refractivity contribution in [2.75, 3.05) is 25.1 Å². The fraction of sp³-hybridized carbons (Fsp3) is 0.778. The third-order valence-corrected chi connectivity index (χ3v) is 5.86. The minimum atomic E-state index is -0.519. The monoisotopic (exact) mass is 435 g/mol. The van der Waals surface area contributed by atoms with Crippen LogP contribution in [0.5, 0.6) is 5.75 Å². The van der Waals surface area contributed by atoms with Crippen molar-refractivity contribution < 1.29 is 14.9 Å². The molecule has 0 spiro atoms. The van der Waals surface area contributed by atoms with Crippen LogP contribution in [0.4, 0.5) is 5.69 Å². The molecule has 0 heterocycles. The topological polar surface area (TPSA) is 61.7 Å². The molecule has 1 atom stereocenters. The first-order valence-electron chi connectivity index (χ1n) is 13.0. The van der Waals surface area contributed by atoms with E-state index in [1.54, 1.807) is 24.3 Å². The van der Waals surface area contributed by atoms with Crippen molar-refractivity contribution in [1.82, 2.24) is 0 Å². The maximum atomic E-state index is 9.96. The maximum absolute atomic E-state index is 9.96. The molecule has 0 aliphatic rings. The lowest BCUT2D eigenvalue weighted by atomic mass is 10.0. The number of hydrogen-bond donors (Lipinski definition) is 3. The summed E-state index contributed by atoms with van der Waals surface area (Å²) < 4.78 is 5.59. The number of aromatic hydroxyl groups is 1. The van der Waals surface area contributed by atoms with Gasteiger partial charge in [-0.3, -0.25) is 0 Å². The van der Waals surface area contributed by atoms with E-state index in [0.29, 0.717) is 13.2 Å². The molecule has 0 aliphatic carbocycles. The Hall–Kier alpha value is -1.26. The minimum absolute atomic E-state index is 0.244. The molecule has 0 aromatic heterocycles. The molecule has 0 saturated heterocycles. The Morgan fingerprint density at radius 3 is 1.65 bits per heavy atom. The molecule has 0 aliphatic heterocycles. The number of phenols is 1. The van der Waals surface area contributed by atoms with Gasteiger partial charge < -0.3 is 20.3 Å². The molecule has 4 heteroatoms. The zero-order chi connectivity index (χ0) is 22.4. The third-order valence-electron chi connectivity index (χ3n) is 5.86. The Labute approximate surface area is 191 Å². The van der Waals surface area contributed by atoms with E-state index in [2.05, 4.69) is 12.2 Å². The molecule has 0 fully saturated rings. The first-order chi connectivity index (χ1) is 15.2. The van der Waals surface area contributed by atoms with Crippen molar-refractivity contribution in [3.63, 3.8) is 0 Å². The number of aliphatic hydroxyl groups is 1. The summed E-state index contributed by atoms with van der Waals surface area (Å²) in [5.41, 5.74) is 0.884. The first kappa shape index (κ1) is 27.8. The van der Waals surface area contributed by atoms with Crippen molar-refractivity contribution >= 4 is 5.69 Å². The third kappa shape index (κ3) is 18.1. The lowest BCUT2D eigenvalue weighted by Gasteiger charge is -2.13. The number of rotatable bonds is 22. The van der Waals surface area contributed by atoms with Gasteiger partial charge in [0.1, 0.15) is 5.75 Å². The van der Waals surface area contributed by atoms with Crippen LogP contribution in [0, 0.1) is 0 Å². The van der Waals surface area contributed by atoms with E-state index in [1.165, 1.54) is 96.3 Å². The van der Waals surface area contributed by atoms with E-state index in [0.717, 1.165) is 18.7 Å². The van der Waals surface area contributed by atoms with Crippen LogP contribution in [0.25, 0.3) is 0 Å². The van der Waals surface area contributed by atoms with Gasteiger partial charge in [-0.2, -0.15) is 0 Å². The molecule has 3 N–H and O–H groups in total. The highest BCUT2D eigenvalue weighted by Crippen LogP contribution is 2.14. The molecule has 0 radical (unpaired) electrons. The SMILES string of the molecule is CCCCCCCCCCCCCCCCCCOCC(O)CNc1ccc(O)cc1. The Morgan fingerprint density at radius 2 is 1.16 bits per heavy atom. The second-order valence-corrected chi connectivity index (χ2v) is 8.96. The molecule has 4 nitrogen and oxygen atoms in total. The van der Waals surface area contributed by atoms with Crippen LogP contribution in [0.3, 0.4) is 0 Å².